The number of piperidine rings is 1. The molecule has 0 bridgehead atoms. The molecule has 0 unspecified atom stereocenters. The number of rotatable bonds is 2. The fourth-order valence-electron chi connectivity index (χ4n) is 3.17. The molecule has 1 aromatic heterocycles. The molecule has 22 heavy (non-hydrogen) atoms. The third-order valence-corrected chi connectivity index (χ3v) is 6.61. The first-order valence-corrected chi connectivity index (χ1v) is 10.0. The number of likely N-dealkylation sites (tertiary alicyclic amines) is 1. The number of morpholine rings is 1. The van der Waals surface area contributed by atoms with E-state index in [-0.39, 0.29) is 18.1 Å². The minimum atomic E-state index is -3.29. The molecule has 122 valence electrons. The number of thiophene rings is 1. The van der Waals surface area contributed by atoms with Crippen LogP contribution in [-0.2, 0) is 14.8 Å². The molecule has 0 saturated carbocycles. The van der Waals surface area contributed by atoms with Crippen LogP contribution in [0.2, 0.25) is 0 Å². The van der Waals surface area contributed by atoms with Crippen molar-refractivity contribution >= 4 is 27.3 Å². The first-order chi connectivity index (χ1) is 10.4. The molecule has 0 N–H and O–H groups in total. The zero-order valence-corrected chi connectivity index (χ0v) is 14.3. The molecule has 0 radical (unpaired) electrons. The highest BCUT2D eigenvalue weighted by molar-refractivity contribution is 7.88. The number of ether oxygens (including phenoxy) is 1. The summed E-state index contributed by atoms with van der Waals surface area (Å²) in [4.78, 5) is 15.1. The van der Waals surface area contributed by atoms with Crippen LogP contribution in [0.5, 0.6) is 0 Å². The normalized spacial score (nSPS) is 26.7. The van der Waals surface area contributed by atoms with Crippen LogP contribution in [0.15, 0.2) is 11.4 Å². The van der Waals surface area contributed by atoms with Gasteiger partial charge >= 0.3 is 0 Å². The summed E-state index contributed by atoms with van der Waals surface area (Å²) in [6.45, 7) is 3.71. The van der Waals surface area contributed by atoms with Crippen LogP contribution in [0, 0.1) is 6.92 Å². The lowest BCUT2D eigenvalue weighted by Crippen LogP contribution is -2.61. The van der Waals surface area contributed by atoms with Crippen molar-refractivity contribution in [3.63, 3.8) is 0 Å². The molecule has 2 fully saturated rings. The smallest absolute Gasteiger partial charge is 0.264 e. The summed E-state index contributed by atoms with van der Waals surface area (Å²) in [6.07, 6.45) is 1.78. The van der Waals surface area contributed by atoms with Crippen molar-refractivity contribution in [1.29, 1.82) is 0 Å². The summed E-state index contributed by atoms with van der Waals surface area (Å²) in [7, 11) is -3.29. The van der Waals surface area contributed by atoms with Gasteiger partial charge in [0.2, 0.25) is 10.0 Å². The fourth-order valence-corrected chi connectivity index (χ4v) is 5.17. The van der Waals surface area contributed by atoms with E-state index in [0.717, 1.165) is 10.4 Å². The molecule has 3 rings (SSSR count). The standard InChI is InChI=1S/C14H20N2O4S2/c1-10-4-8-21-13(10)14(17)15-5-3-12-11(9-15)16(6-7-20-12)22(2,18)19/h4,8,11-12H,3,5-7,9H2,1-2H3/t11-,12-/m1/s1. The second-order valence-corrected chi connectivity index (χ2v) is 8.67. The van der Waals surface area contributed by atoms with Crippen LogP contribution < -0.4 is 0 Å². The maximum atomic E-state index is 12.6. The Hall–Kier alpha value is -0.960. The third kappa shape index (κ3) is 2.92. The number of fused-ring (bicyclic) bond motifs is 1. The van der Waals surface area contributed by atoms with Crippen LogP contribution in [0.25, 0.3) is 0 Å². The molecular weight excluding hydrogens is 324 g/mol. The van der Waals surface area contributed by atoms with E-state index in [9.17, 15) is 13.2 Å². The van der Waals surface area contributed by atoms with Crippen molar-refractivity contribution in [3.05, 3.63) is 21.9 Å². The van der Waals surface area contributed by atoms with Gasteiger partial charge in [-0.2, -0.15) is 4.31 Å². The Morgan fingerprint density at radius 3 is 2.82 bits per heavy atom. The number of sulfonamides is 1. The summed E-state index contributed by atoms with van der Waals surface area (Å²) in [5, 5.41) is 1.90. The monoisotopic (exact) mass is 344 g/mol. The molecule has 2 atom stereocenters. The Morgan fingerprint density at radius 1 is 1.41 bits per heavy atom. The highest BCUT2D eigenvalue weighted by Gasteiger charge is 2.42. The average Bonchev–Trinajstić information content (AvgIpc) is 2.90. The van der Waals surface area contributed by atoms with Gasteiger partial charge in [-0.15, -0.1) is 11.3 Å². The van der Waals surface area contributed by atoms with Crippen LogP contribution in [0.3, 0.4) is 0 Å². The van der Waals surface area contributed by atoms with Gasteiger partial charge in [0.05, 0.1) is 29.9 Å². The lowest BCUT2D eigenvalue weighted by atomic mass is 10.0. The van der Waals surface area contributed by atoms with Gasteiger partial charge in [0.25, 0.3) is 5.91 Å². The second-order valence-electron chi connectivity index (χ2n) is 5.82. The number of hydrogen-bond donors (Lipinski definition) is 0. The van der Waals surface area contributed by atoms with Gasteiger partial charge in [-0.1, -0.05) is 0 Å². The third-order valence-electron chi connectivity index (χ3n) is 4.30. The van der Waals surface area contributed by atoms with Gasteiger partial charge in [0, 0.05) is 19.6 Å². The highest BCUT2D eigenvalue weighted by atomic mass is 32.2. The second kappa shape index (κ2) is 5.92. The number of carbonyl (C=O) groups excluding carboxylic acids is 1. The molecule has 2 aliphatic heterocycles. The molecule has 2 saturated heterocycles. The number of hydrogen-bond acceptors (Lipinski definition) is 5. The van der Waals surface area contributed by atoms with E-state index in [1.807, 2.05) is 18.4 Å². The Kier molecular flexibility index (Phi) is 4.28. The molecule has 3 heterocycles. The van der Waals surface area contributed by atoms with E-state index in [1.54, 1.807) is 4.90 Å². The van der Waals surface area contributed by atoms with E-state index >= 15 is 0 Å². The summed E-state index contributed by atoms with van der Waals surface area (Å²) < 4.78 is 31.1. The molecule has 0 aliphatic carbocycles. The van der Waals surface area contributed by atoms with Gasteiger partial charge < -0.3 is 9.64 Å². The molecule has 0 aromatic carbocycles. The van der Waals surface area contributed by atoms with Crippen molar-refractivity contribution < 1.29 is 17.9 Å². The van der Waals surface area contributed by atoms with Crippen LogP contribution in [0.4, 0.5) is 0 Å². The zero-order chi connectivity index (χ0) is 15.9. The summed E-state index contributed by atoms with van der Waals surface area (Å²) in [6, 6.07) is 1.65. The van der Waals surface area contributed by atoms with Gasteiger partial charge in [-0.05, 0) is 30.4 Å². The van der Waals surface area contributed by atoms with Gasteiger partial charge in [-0.25, -0.2) is 8.42 Å². The SMILES string of the molecule is Cc1ccsc1C(=O)N1CC[C@H]2OCCN(S(C)(=O)=O)[C@@H]2C1. The minimum absolute atomic E-state index is 0.00928. The summed E-state index contributed by atoms with van der Waals surface area (Å²) in [5.74, 6) is -0.00928. The quantitative estimate of drug-likeness (QED) is 0.800. The largest absolute Gasteiger partial charge is 0.375 e. The van der Waals surface area contributed by atoms with E-state index in [4.69, 9.17) is 4.74 Å². The highest BCUT2D eigenvalue weighted by Crippen LogP contribution is 2.27. The molecule has 8 heteroatoms. The first kappa shape index (κ1) is 15.9. The summed E-state index contributed by atoms with van der Waals surface area (Å²) in [5.41, 5.74) is 0.969. The lowest BCUT2D eigenvalue weighted by Gasteiger charge is -2.45. The Labute approximate surface area is 134 Å². The number of nitrogens with zero attached hydrogens (tertiary/aromatic N) is 2. The predicted molar refractivity (Wildman–Crippen MR) is 84.7 cm³/mol. The van der Waals surface area contributed by atoms with Gasteiger partial charge in [0.15, 0.2) is 0 Å². The molecule has 2 aliphatic rings. The van der Waals surface area contributed by atoms with Crippen molar-refractivity contribution in [2.45, 2.75) is 25.5 Å². The number of carbonyl (C=O) groups is 1. The number of amides is 1. The average molecular weight is 344 g/mol. The Balaban J connectivity index is 1.80. The zero-order valence-electron chi connectivity index (χ0n) is 12.7. The summed E-state index contributed by atoms with van der Waals surface area (Å²) >= 11 is 1.43. The van der Waals surface area contributed by atoms with Crippen LogP contribution in [-0.4, -0.2) is 68.2 Å². The predicted octanol–water partition coefficient (Wildman–Crippen LogP) is 0.931. The molecule has 1 aromatic rings. The van der Waals surface area contributed by atoms with Crippen LogP contribution >= 0.6 is 11.3 Å². The van der Waals surface area contributed by atoms with Gasteiger partial charge in [-0.3, -0.25) is 4.79 Å². The van der Waals surface area contributed by atoms with Gasteiger partial charge in [0.1, 0.15) is 0 Å². The topological polar surface area (TPSA) is 66.9 Å². The van der Waals surface area contributed by atoms with Crippen molar-refractivity contribution in [3.8, 4) is 0 Å². The Morgan fingerprint density at radius 2 is 2.18 bits per heavy atom. The van der Waals surface area contributed by atoms with E-state index < -0.39 is 10.0 Å². The maximum absolute atomic E-state index is 12.6. The van der Waals surface area contributed by atoms with Crippen molar-refractivity contribution in [1.82, 2.24) is 9.21 Å². The van der Waals surface area contributed by atoms with Crippen LogP contribution in [0.1, 0.15) is 21.7 Å². The maximum Gasteiger partial charge on any atom is 0.264 e. The van der Waals surface area contributed by atoms with E-state index in [1.165, 1.54) is 21.9 Å². The molecule has 0 spiro atoms. The number of aryl methyl sites for hydroxylation is 1. The minimum Gasteiger partial charge on any atom is -0.375 e. The molecule has 1 amide bonds. The van der Waals surface area contributed by atoms with E-state index in [2.05, 4.69) is 0 Å². The van der Waals surface area contributed by atoms with E-state index in [0.29, 0.717) is 32.7 Å². The Bertz CT molecular complexity index is 670. The van der Waals surface area contributed by atoms with Crippen molar-refractivity contribution in [2.75, 3.05) is 32.5 Å². The molecular formula is C14H20N2O4S2. The fraction of sp³-hybridized carbons (Fsp3) is 0.643. The first-order valence-electron chi connectivity index (χ1n) is 7.29. The van der Waals surface area contributed by atoms with Crippen molar-refractivity contribution in [2.24, 2.45) is 0 Å². The molecule has 6 nitrogen and oxygen atoms in total. The lowest BCUT2D eigenvalue weighted by molar-refractivity contribution is -0.0704.